The van der Waals surface area contributed by atoms with Crippen molar-refractivity contribution in [3.8, 4) is 0 Å². The van der Waals surface area contributed by atoms with E-state index >= 15 is 0 Å². The maximum Gasteiger partial charge on any atom is 0.0689 e. The molecule has 0 heterocycles. The molecule has 11 heteroatoms. The number of nitrogens with zero attached hydrogens (tertiary/aromatic N) is 1. The standard InChI is InChI=1S/NO3.6H2O.Th/c2-1(3)4;;;;;;;/h;6*1H2;/q-1;;;;;;;. The van der Waals surface area contributed by atoms with Gasteiger partial charge in [0, 0.05) is 39.9 Å². The molecule has 0 fully saturated rings. The molecule has 0 saturated carbocycles. The molecule has 0 aliphatic carbocycles. The fourth-order valence-electron chi connectivity index (χ4n) is 0. The Hall–Kier alpha value is 0.285. The fourth-order valence-corrected chi connectivity index (χ4v) is 0. The van der Waals surface area contributed by atoms with Crippen LogP contribution >= 0.6 is 0 Å². The molecule has 0 unspecified atom stereocenters. The van der Waals surface area contributed by atoms with Crippen LogP contribution in [0.5, 0.6) is 0 Å². The molecule has 0 atom stereocenters. The van der Waals surface area contributed by atoms with Crippen molar-refractivity contribution in [1.82, 2.24) is 0 Å². The number of hydrogen-bond donors (Lipinski definition) is 0. The van der Waals surface area contributed by atoms with E-state index in [-0.39, 0.29) is 72.8 Å². The molecule has 0 aromatic carbocycles. The van der Waals surface area contributed by atoms with Gasteiger partial charge in [0.1, 0.15) is 0 Å². The van der Waals surface area contributed by atoms with Crippen LogP contribution in [0.1, 0.15) is 0 Å². The summed E-state index contributed by atoms with van der Waals surface area (Å²) in [6.45, 7) is 0. The van der Waals surface area contributed by atoms with E-state index in [1.54, 1.807) is 0 Å². The Morgan fingerprint density at radius 2 is 0.727 bits per heavy atom. The van der Waals surface area contributed by atoms with Gasteiger partial charge in [-0.25, -0.2) is 0 Å². The van der Waals surface area contributed by atoms with Crippen LogP contribution in [0.3, 0.4) is 0 Å². The molecule has 0 radical (unpaired) electrons. The predicted octanol–water partition coefficient (Wildman–Crippen LogP) is -5.19. The maximum absolute atomic E-state index is 8.25. The van der Waals surface area contributed by atoms with E-state index in [1.165, 1.54) is 0 Å². The Kier molecular flexibility index (Phi) is 826. The molecule has 0 rings (SSSR count). The van der Waals surface area contributed by atoms with Crippen molar-refractivity contribution in [2.45, 2.75) is 0 Å². The van der Waals surface area contributed by atoms with Crippen molar-refractivity contribution in [1.29, 1.82) is 0 Å². The molecule has 0 amide bonds. The van der Waals surface area contributed by atoms with E-state index in [2.05, 4.69) is 0 Å². The van der Waals surface area contributed by atoms with Gasteiger partial charge >= 0.3 is 0 Å². The molecule has 0 aliphatic rings. The maximum atomic E-state index is 8.25. The first-order chi connectivity index (χ1) is 1.73. The molecule has 10 nitrogen and oxygen atoms in total. The minimum Gasteiger partial charge on any atom is -0.412 e. The zero-order valence-electron chi connectivity index (χ0n) is 5.17. The van der Waals surface area contributed by atoms with Crippen LogP contribution in [0.15, 0.2) is 0 Å². The van der Waals surface area contributed by atoms with Crippen molar-refractivity contribution in [3.05, 3.63) is 15.3 Å². The Bertz CT molecular complexity index is 32.5. The van der Waals surface area contributed by atoms with Crippen molar-refractivity contribution >= 4 is 0 Å². The van der Waals surface area contributed by atoms with Gasteiger partial charge in [0.15, 0.2) is 0 Å². The van der Waals surface area contributed by atoms with Crippen molar-refractivity contribution in [2.75, 3.05) is 0 Å². The summed E-state index contributed by atoms with van der Waals surface area (Å²) in [5.74, 6) is 0. The van der Waals surface area contributed by atoms with Crippen molar-refractivity contribution < 1.29 is 77.9 Å². The molecule has 0 aliphatic heterocycles. The first-order valence-corrected chi connectivity index (χ1v) is 0.548. The quantitative estimate of drug-likeness (QED) is 0.284. The van der Waals surface area contributed by atoms with Crippen LogP contribution in [0, 0.1) is 55.3 Å². The summed E-state index contributed by atoms with van der Waals surface area (Å²) in [7, 11) is 0. The monoisotopic (exact) mass is 402 g/mol. The van der Waals surface area contributed by atoms with E-state index in [0.717, 1.165) is 0 Å². The topological polar surface area (TPSA) is 255 Å². The average Bonchev–Trinajstić information content (AvgIpc) is 0.811. The van der Waals surface area contributed by atoms with Gasteiger partial charge in [-0.3, -0.25) is 0 Å². The second kappa shape index (κ2) is 82.2. The summed E-state index contributed by atoms with van der Waals surface area (Å²) in [6, 6.07) is 0. The minimum absolute atomic E-state index is 0. The number of hydrogen-bond acceptors (Lipinski definition) is 3. The molecule has 76 valence electrons. The molecule has 0 aromatic heterocycles. The normalized spacial score (nSPS) is 2.18. The Balaban J connectivity index is -0.00000000214. The van der Waals surface area contributed by atoms with Crippen LogP contribution in [-0.4, -0.2) is 37.9 Å². The zero-order chi connectivity index (χ0) is 3.58. The summed E-state index contributed by atoms with van der Waals surface area (Å²) in [5.41, 5.74) is 0. The zero-order valence-corrected chi connectivity index (χ0v) is 9.28. The van der Waals surface area contributed by atoms with Crippen LogP contribution in [-0.2, 0) is 0 Å². The SMILES string of the molecule is O.O.O.O.O.O.O=[N+]([O-])[O-].[Th]. The van der Waals surface area contributed by atoms with Crippen molar-refractivity contribution in [3.63, 3.8) is 0 Å². The van der Waals surface area contributed by atoms with Gasteiger partial charge < -0.3 is 48.2 Å². The van der Waals surface area contributed by atoms with E-state index < -0.39 is 5.09 Å². The van der Waals surface area contributed by atoms with Gasteiger partial charge in [0.2, 0.25) is 0 Å². The second-order valence-electron chi connectivity index (χ2n) is 0.224. The molecule has 0 spiro atoms. The third-order valence-electron chi connectivity index (χ3n) is 0. The summed E-state index contributed by atoms with van der Waals surface area (Å²) in [5, 5.41) is 14.8. The first-order valence-electron chi connectivity index (χ1n) is 0.548. The van der Waals surface area contributed by atoms with E-state index in [1.807, 2.05) is 0 Å². The predicted molar refractivity (Wildman–Crippen MR) is 32.0 cm³/mol. The van der Waals surface area contributed by atoms with Crippen molar-refractivity contribution in [2.24, 2.45) is 0 Å². The second-order valence-corrected chi connectivity index (χ2v) is 0.224. The summed E-state index contributed by atoms with van der Waals surface area (Å²) in [6.07, 6.45) is 0. The van der Waals surface area contributed by atoms with Gasteiger partial charge in [0.25, 0.3) is 0 Å². The number of rotatable bonds is 0. The van der Waals surface area contributed by atoms with Gasteiger partial charge in [0.05, 0.1) is 5.09 Å². The van der Waals surface area contributed by atoms with E-state index in [4.69, 9.17) is 15.3 Å². The van der Waals surface area contributed by atoms with Crippen LogP contribution in [0.2, 0.25) is 0 Å². The van der Waals surface area contributed by atoms with Gasteiger partial charge in [-0.15, -0.1) is 0 Å². The van der Waals surface area contributed by atoms with E-state index in [0.29, 0.717) is 0 Å². The third-order valence-corrected chi connectivity index (χ3v) is 0. The van der Waals surface area contributed by atoms with E-state index in [9.17, 15) is 0 Å². The third kappa shape index (κ3) is 8710. The molecule has 0 aromatic rings. The Labute approximate surface area is 92.8 Å². The van der Waals surface area contributed by atoms with Gasteiger partial charge in [-0.2, -0.15) is 0 Å². The smallest absolute Gasteiger partial charge is 0.0689 e. The van der Waals surface area contributed by atoms with Gasteiger partial charge in [-0.1, -0.05) is 0 Å². The van der Waals surface area contributed by atoms with Gasteiger partial charge in [-0.05, 0) is 0 Å². The minimum atomic E-state index is -1.75. The first kappa shape index (κ1) is 111. The molecular formula is H12NO9Th-. The van der Waals surface area contributed by atoms with Crippen LogP contribution < -0.4 is 0 Å². The summed E-state index contributed by atoms with van der Waals surface area (Å²) >= 11 is 0. The Morgan fingerprint density at radius 1 is 0.727 bits per heavy atom. The molecule has 0 bridgehead atoms. The molecular weight excluding hydrogens is 390 g/mol. The summed E-state index contributed by atoms with van der Waals surface area (Å²) < 4.78 is 0. The molecule has 12 N–H and O–H groups in total. The Morgan fingerprint density at radius 3 is 0.727 bits per heavy atom. The average molecular weight is 402 g/mol. The van der Waals surface area contributed by atoms with Crippen LogP contribution in [0.4, 0.5) is 0 Å². The largest absolute Gasteiger partial charge is 0.412 e. The summed E-state index contributed by atoms with van der Waals surface area (Å²) in [4.78, 5) is 8.25. The molecule has 0 saturated heterocycles. The fraction of sp³-hybridized carbons (Fsp3) is 0. The van der Waals surface area contributed by atoms with Crippen LogP contribution in [0.25, 0.3) is 0 Å². The molecule has 11 heavy (non-hydrogen) atoms.